The number of nitrogens with zero attached hydrogens (tertiary/aromatic N) is 2. The topological polar surface area (TPSA) is 70.7 Å². The van der Waals surface area contributed by atoms with Gasteiger partial charge in [0.25, 0.3) is 0 Å². The van der Waals surface area contributed by atoms with Gasteiger partial charge in [-0.25, -0.2) is 4.98 Å². The summed E-state index contributed by atoms with van der Waals surface area (Å²) in [5, 5.41) is 12.6. The SMILES string of the molecule is Cc1cc(I)ccc1NC(=O)CSc1n[nH]c(Cc2cccs2)n1. The van der Waals surface area contributed by atoms with Gasteiger partial charge in [-0.15, -0.1) is 16.4 Å². The summed E-state index contributed by atoms with van der Waals surface area (Å²) in [6, 6.07) is 10.0. The highest BCUT2D eigenvalue weighted by Crippen LogP contribution is 2.19. The molecule has 2 heterocycles. The van der Waals surface area contributed by atoms with Gasteiger partial charge in [0.1, 0.15) is 5.82 Å². The molecular weight excluding hydrogens is 455 g/mol. The minimum atomic E-state index is -0.0612. The fraction of sp³-hybridized carbons (Fsp3) is 0.188. The molecule has 0 aliphatic carbocycles. The van der Waals surface area contributed by atoms with Gasteiger partial charge < -0.3 is 5.32 Å². The van der Waals surface area contributed by atoms with E-state index in [0.717, 1.165) is 27.1 Å². The van der Waals surface area contributed by atoms with Crippen LogP contribution >= 0.6 is 45.7 Å². The summed E-state index contributed by atoms with van der Waals surface area (Å²) in [6.45, 7) is 1.98. The Balaban J connectivity index is 1.52. The Morgan fingerprint density at radius 3 is 3.04 bits per heavy atom. The molecule has 24 heavy (non-hydrogen) atoms. The van der Waals surface area contributed by atoms with Gasteiger partial charge in [-0.3, -0.25) is 9.89 Å². The zero-order chi connectivity index (χ0) is 16.9. The van der Waals surface area contributed by atoms with Crippen molar-refractivity contribution in [2.24, 2.45) is 0 Å². The molecule has 0 radical (unpaired) electrons. The first-order valence-corrected chi connectivity index (χ1v) is 10.2. The van der Waals surface area contributed by atoms with Crippen LogP contribution in [0.4, 0.5) is 5.69 Å². The fourth-order valence-corrected chi connectivity index (χ4v) is 4.06. The van der Waals surface area contributed by atoms with Crippen LogP contribution in [0.3, 0.4) is 0 Å². The van der Waals surface area contributed by atoms with Crippen molar-refractivity contribution in [2.45, 2.75) is 18.5 Å². The minimum Gasteiger partial charge on any atom is -0.325 e. The average molecular weight is 470 g/mol. The Morgan fingerprint density at radius 2 is 2.29 bits per heavy atom. The molecule has 2 N–H and O–H groups in total. The quantitative estimate of drug-likeness (QED) is 0.421. The predicted octanol–water partition coefficient (Wildman–Crippen LogP) is 4.10. The van der Waals surface area contributed by atoms with E-state index in [1.165, 1.54) is 16.6 Å². The molecule has 0 saturated carbocycles. The Bertz CT molecular complexity index is 832. The highest BCUT2D eigenvalue weighted by molar-refractivity contribution is 14.1. The van der Waals surface area contributed by atoms with E-state index < -0.39 is 0 Å². The first-order valence-electron chi connectivity index (χ1n) is 7.22. The summed E-state index contributed by atoms with van der Waals surface area (Å²) in [4.78, 5) is 17.7. The summed E-state index contributed by atoms with van der Waals surface area (Å²) < 4.78 is 1.15. The number of carbonyl (C=O) groups excluding carboxylic acids is 1. The van der Waals surface area contributed by atoms with Crippen molar-refractivity contribution in [3.05, 3.63) is 55.5 Å². The van der Waals surface area contributed by atoms with Gasteiger partial charge in [-0.1, -0.05) is 17.8 Å². The van der Waals surface area contributed by atoms with Crippen molar-refractivity contribution in [1.29, 1.82) is 0 Å². The maximum atomic E-state index is 12.1. The molecule has 1 amide bonds. The number of halogens is 1. The number of carbonyl (C=O) groups is 1. The van der Waals surface area contributed by atoms with Crippen LogP contribution in [-0.4, -0.2) is 26.8 Å². The van der Waals surface area contributed by atoms with Crippen LogP contribution in [-0.2, 0) is 11.2 Å². The van der Waals surface area contributed by atoms with E-state index in [1.54, 1.807) is 11.3 Å². The molecule has 3 rings (SSSR count). The monoisotopic (exact) mass is 470 g/mol. The van der Waals surface area contributed by atoms with Crippen LogP contribution in [0, 0.1) is 10.5 Å². The number of hydrogen-bond donors (Lipinski definition) is 2. The normalized spacial score (nSPS) is 10.8. The molecule has 3 aromatic rings. The first kappa shape index (κ1) is 17.4. The van der Waals surface area contributed by atoms with Crippen molar-refractivity contribution in [3.8, 4) is 0 Å². The summed E-state index contributed by atoms with van der Waals surface area (Å²) >= 11 is 5.27. The smallest absolute Gasteiger partial charge is 0.234 e. The second-order valence-corrected chi connectivity index (χ2v) is 8.34. The van der Waals surface area contributed by atoms with Crippen LogP contribution in [0.2, 0.25) is 0 Å². The van der Waals surface area contributed by atoms with Crippen LogP contribution in [0.1, 0.15) is 16.3 Å². The summed E-state index contributed by atoms with van der Waals surface area (Å²) in [7, 11) is 0. The van der Waals surface area contributed by atoms with Crippen molar-refractivity contribution in [3.63, 3.8) is 0 Å². The number of hydrogen-bond acceptors (Lipinski definition) is 5. The number of H-pyrrole nitrogens is 1. The maximum absolute atomic E-state index is 12.1. The van der Waals surface area contributed by atoms with Crippen LogP contribution in [0.25, 0.3) is 0 Å². The highest BCUT2D eigenvalue weighted by atomic mass is 127. The van der Waals surface area contributed by atoms with Gasteiger partial charge in [-0.05, 0) is 64.7 Å². The number of aryl methyl sites for hydroxylation is 1. The van der Waals surface area contributed by atoms with Crippen molar-refractivity contribution >= 4 is 57.3 Å². The fourth-order valence-electron chi connectivity index (χ4n) is 2.08. The van der Waals surface area contributed by atoms with Gasteiger partial charge >= 0.3 is 0 Å². The van der Waals surface area contributed by atoms with E-state index in [0.29, 0.717) is 5.16 Å². The zero-order valence-electron chi connectivity index (χ0n) is 12.9. The number of thiophene rings is 1. The molecule has 0 aliphatic rings. The molecule has 0 spiro atoms. The number of aromatic amines is 1. The van der Waals surface area contributed by atoms with Crippen LogP contribution in [0.5, 0.6) is 0 Å². The molecule has 0 unspecified atom stereocenters. The second-order valence-electron chi connectivity index (χ2n) is 5.12. The lowest BCUT2D eigenvalue weighted by molar-refractivity contribution is -0.113. The molecule has 0 fully saturated rings. The number of nitrogens with one attached hydrogen (secondary N) is 2. The predicted molar refractivity (Wildman–Crippen MR) is 107 cm³/mol. The highest BCUT2D eigenvalue weighted by Gasteiger charge is 2.10. The third-order valence-corrected chi connectivity index (χ3v) is 5.62. The minimum absolute atomic E-state index is 0.0612. The lowest BCUT2D eigenvalue weighted by Crippen LogP contribution is -2.15. The standard InChI is InChI=1S/C16H15IN4OS2/c1-10-7-11(17)4-5-13(10)18-15(22)9-24-16-19-14(20-21-16)8-12-3-2-6-23-12/h2-7H,8-9H2,1H3,(H,18,22)(H,19,20,21). The third kappa shape index (κ3) is 4.81. The van der Waals surface area contributed by atoms with E-state index in [9.17, 15) is 4.79 Å². The average Bonchev–Trinajstić information content (AvgIpc) is 3.20. The van der Waals surface area contributed by atoms with Gasteiger partial charge in [0, 0.05) is 20.6 Å². The number of aromatic nitrogens is 3. The lowest BCUT2D eigenvalue weighted by Gasteiger charge is -2.07. The Labute approximate surface area is 161 Å². The molecule has 0 bridgehead atoms. The molecule has 0 atom stereocenters. The molecule has 1 aromatic carbocycles. The van der Waals surface area contributed by atoms with Crippen LogP contribution in [0.15, 0.2) is 40.9 Å². The molecule has 124 valence electrons. The van der Waals surface area contributed by atoms with E-state index in [-0.39, 0.29) is 11.7 Å². The number of benzene rings is 1. The Kier molecular flexibility index (Phi) is 5.90. The summed E-state index contributed by atoms with van der Waals surface area (Å²) in [5.74, 6) is 1.03. The van der Waals surface area contributed by atoms with Gasteiger partial charge in [0.15, 0.2) is 0 Å². The first-order chi connectivity index (χ1) is 11.6. The van der Waals surface area contributed by atoms with Gasteiger partial charge in [-0.2, -0.15) is 0 Å². The second kappa shape index (κ2) is 8.13. The van der Waals surface area contributed by atoms with Crippen molar-refractivity contribution < 1.29 is 4.79 Å². The maximum Gasteiger partial charge on any atom is 0.234 e. The Hall–Kier alpha value is -1.39. The number of thioether (sulfide) groups is 1. The van der Waals surface area contributed by atoms with E-state index in [1.807, 2.05) is 36.6 Å². The molecule has 8 heteroatoms. The molecule has 5 nitrogen and oxygen atoms in total. The van der Waals surface area contributed by atoms with E-state index in [2.05, 4.69) is 49.2 Å². The largest absolute Gasteiger partial charge is 0.325 e. The van der Waals surface area contributed by atoms with Crippen molar-refractivity contribution in [2.75, 3.05) is 11.1 Å². The molecule has 0 saturated heterocycles. The summed E-state index contributed by atoms with van der Waals surface area (Å²) in [5.41, 5.74) is 1.89. The third-order valence-electron chi connectivity index (χ3n) is 3.23. The number of anilines is 1. The molecular formula is C16H15IN4OS2. The molecule has 0 aliphatic heterocycles. The zero-order valence-corrected chi connectivity index (χ0v) is 16.7. The van der Waals surface area contributed by atoms with Crippen LogP contribution < -0.4 is 5.32 Å². The summed E-state index contributed by atoms with van der Waals surface area (Å²) in [6.07, 6.45) is 0.735. The molecule has 2 aromatic heterocycles. The van der Waals surface area contributed by atoms with E-state index in [4.69, 9.17) is 0 Å². The lowest BCUT2D eigenvalue weighted by atomic mass is 10.2. The Morgan fingerprint density at radius 1 is 1.42 bits per heavy atom. The number of amides is 1. The van der Waals surface area contributed by atoms with E-state index >= 15 is 0 Å². The number of rotatable bonds is 6. The van der Waals surface area contributed by atoms with Crippen molar-refractivity contribution in [1.82, 2.24) is 15.2 Å². The van der Waals surface area contributed by atoms with Gasteiger partial charge in [0.05, 0.1) is 5.75 Å². The van der Waals surface area contributed by atoms with Gasteiger partial charge in [0.2, 0.25) is 11.1 Å².